The van der Waals surface area contributed by atoms with Crippen molar-refractivity contribution >= 4 is 17.4 Å². The van der Waals surface area contributed by atoms with Crippen LogP contribution in [0.5, 0.6) is 23.0 Å². The number of unbranched alkanes of at least 4 members (excludes halogenated alkanes) is 1. The third kappa shape index (κ3) is 3.51. The van der Waals surface area contributed by atoms with Crippen LogP contribution in [-0.4, -0.2) is 49.3 Å². The molecule has 0 saturated carbocycles. The first-order chi connectivity index (χ1) is 15.5. The Bertz CT molecular complexity index is 1090. The van der Waals surface area contributed by atoms with Crippen molar-refractivity contribution in [2.75, 3.05) is 27.6 Å². The third-order valence-electron chi connectivity index (χ3n) is 5.67. The number of hydrogen-bond donors (Lipinski definition) is 1. The molecule has 1 N–H and O–H groups in total. The average molecular weight is 439 g/mol. The number of likely N-dealkylation sites (tertiary alicyclic amines) is 1. The van der Waals surface area contributed by atoms with E-state index in [4.69, 9.17) is 18.9 Å². The van der Waals surface area contributed by atoms with Gasteiger partial charge in [0, 0.05) is 17.7 Å². The molecule has 2 aromatic rings. The quantitative estimate of drug-likeness (QED) is 0.400. The van der Waals surface area contributed by atoms with E-state index in [-0.39, 0.29) is 18.1 Å². The molecule has 2 aromatic carbocycles. The number of carbonyl (C=O) groups is 2. The van der Waals surface area contributed by atoms with Gasteiger partial charge in [0.05, 0.1) is 25.8 Å². The van der Waals surface area contributed by atoms with Crippen molar-refractivity contribution in [1.29, 1.82) is 0 Å². The summed E-state index contributed by atoms with van der Waals surface area (Å²) in [6, 6.07) is 9.32. The summed E-state index contributed by atoms with van der Waals surface area (Å²) in [5, 5.41) is 11.2. The molecule has 4 rings (SSSR count). The molecule has 168 valence electrons. The van der Waals surface area contributed by atoms with Crippen LogP contribution < -0.4 is 18.9 Å². The molecule has 0 aliphatic carbocycles. The Balaban J connectivity index is 1.91. The minimum atomic E-state index is -0.822. The second-order valence-corrected chi connectivity index (χ2v) is 7.50. The molecule has 0 radical (unpaired) electrons. The Hall–Kier alpha value is -3.68. The van der Waals surface area contributed by atoms with Gasteiger partial charge in [0.25, 0.3) is 11.7 Å². The van der Waals surface area contributed by atoms with Gasteiger partial charge in [0.15, 0.2) is 23.0 Å². The van der Waals surface area contributed by atoms with Crippen molar-refractivity contribution < 1.29 is 33.6 Å². The Morgan fingerprint density at radius 1 is 1.12 bits per heavy atom. The number of methoxy groups -OCH3 is 2. The SMILES string of the molecule is CCCCN1C(=O)C(=O)/C(=C(/O)c2ccc3c(c2)OCO3)C1c1cccc(OC)c1OC. The van der Waals surface area contributed by atoms with Gasteiger partial charge >= 0.3 is 0 Å². The number of nitrogens with zero attached hydrogens (tertiary/aromatic N) is 1. The summed E-state index contributed by atoms with van der Waals surface area (Å²) < 4.78 is 21.7. The standard InChI is InChI=1S/C24H25NO7/c1-4-5-11-25-20(15-7-6-8-17(29-2)23(15)30-3)19(22(27)24(25)28)21(26)14-9-10-16-18(12-14)32-13-31-16/h6-10,12,20,26H,4-5,11,13H2,1-3H3/b21-19+. The molecule has 8 heteroatoms. The van der Waals surface area contributed by atoms with Gasteiger partial charge in [-0.15, -0.1) is 0 Å². The van der Waals surface area contributed by atoms with Gasteiger partial charge in [-0.05, 0) is 30.7 Å². The molecular weight excluding hydrogens is 414 g/mol. The Labute approximate surface area is 185 Å². The van der Waals surface area contributed by atoms with Gasteiger partial charge in [-0.25, -0.2) is 0 Å². The first kappa shape index (κ1) is 21.5. The number of carbonyl (C=O) groups excluding carboxylic acids is 2. The number of ether oxygens (including phenoxy) is 4. The number of aliphatic hydroxyl groups excluding tert-OH is 1. The van der Waals surface area contributed by atoms with Crippen molar-refractivity contribution in [1.82, 2.24) is 4.90 Å². The van der Waals surface area contributed by atoms with E-state index in [9.17, 15) is 14.7 Å². The van der Waals surface area contributed by atoms with Crippen molar-refractivity contribution in [3.05, 3.63) is 53.1 Å². The summed E-state index contributed by atoms with van der Waals surface area (Å²) in [6.07, 6.45) is 1.55. The summed E-state index contributed by atoms with van der Waals surface area (Å²) >= 11 is 0. The summed E-state index contributed by atoms with van der Waals surface area (Å²) in [4.78, 5) is 27.6. The number of benzene rings is 2. The number of ketones is 1. The van der Waals surface area contributed by atoms with Crippen LogP contribution in [0.25, 0.3) is 5.76 Å². The third-order valence-corrected chi connectivity index (χ3v) is 5.67. The maximum atomic E-state index is 13.1. The van der Waals surface area contributed by atoms with E-state index in [1.807, 2.05) is 6.92 Å². The highest BCUT2D eigenvalue weighted by atomic mass is 16.7. The molecule has 1 atom stereocenters. The second kappa shape index (κ2) is 8.82. The maximum Gasteiger partial charge on any atom is 0.295 e. The molecule has 2 heterocycles. The molecule has 1 fully saturated rings. The Morgan fingerprint density at radius 2 is 1.91 bits per heavy atom. The number of rotatable bonds is 7. The minimum Gasteiger partial charge on any atom is -0.507 e. The minimum absolute atomic E-state index is 0.00322. The molecule has 2 aliphatic heterocycles. The summed E-state index contributed by atoms with van der Waals surface area (Å²) in [5.41, 5.74) is 0.913. The predicted octanol–water partition coefficient (Wildman–Crippen LogP) is 3.65. The highest BCUT2D eigenvalue weighted by Crippen LogP contribution is 2.46. The fraction of sp³-hybridized carbons (Fsp3) is 0.333. The van der Waals surface area contributed by atoms with E-state index in [0.29, 0.717) is 47.1 Å². The lowest BCUT2D eigenvalue weighted by Crippen LogP contribution is -2.30. The van der Waals surface area contributed by atoms with E-state index >= 15 is 0 Å². The zero-order chi connectivity index (χ0) is 22.8. The lowest BCUT2D eigenvalue weighted by atomic mass is 9.94. The lowest BCUT2D eigenvalue weighted by molar-refractivity contribution is -0.139. The van der Waals surface area contributed by atoms with Crippen molar-refractivity contribution in [2.45, 2.75) is 25.8 Å². The Kier molecular flexibility index (Phi) is 5.94. The van der Waals surface area contributed by atoms with E-state index in [0.717, 1.165) is 6.42 Å². The molecule has 1 saturated heterocycles. The van der Waals surface area contributed by atoms with Crippen LogP contribution in [0, 0.1) is 0 Å². The molecule has 32 heavy (non-hydrogen) atoms. The molecule has 1 unspecified atom stereocenters. The highest BCUT2D eigenvalue weighted by Gasteiger charge is 2.47. The van der Waals surface area contributed by atoms with Crippen molar-refractivity contribution in [3.63, 3.8) is 0 Å². The zero-order valence-corrected chi connectivity index (χ0v) is 18.2. The monoisotopic (exact) mass is 439 g/mol. The second-order valence-electron chi connectivity index (χ2n) is 7.50. The first-order valence-corrected chi connectivity index (χ1v) is 10.4. The number of aliphatic hydroxyl groups is 1. The van der Waals surface area contributed by atoms with E-state index in [1.54, 1.807) is 36.4 Å². The van der Waals surface area contributed by atoms with Crippen LogP contribution in [-0.2, 0) is 9.59 Å². The number of Topliss-reactive ketones (excluding diaryl/α,β-unsaturated/α-hetero) is 1. The van der Waals surface area contributed by atoms with E-state index in [2.05, 4.69) is 0 Å². The largest absolute Gasteiger partial charge is 0.507 e. The number of para-hydroxylation sites is 1. The van der Waals surface area contributed by atoms with Crippen LogP contribution in [0.3, 0.4) is 0 Å². The van der Waals surface area contributed by atoms with Crippen LogP contribution in [0.4, 0.5) is 0 Å². The molecule has 0 spiro atoms. The van der Waals surface area contributed by atoms with Gasteiger partial charge in [-0.3, -0.25) is 9.59 Å². The lowest BCUT2D eigenvalue weighted by Gasteiger charge is -2.27. The van der Waals surface area contributed by atoms with E-state index < -0.39 is 17.7 Å². The number of hydrogen-bond acceptors (Lipinski definition) is 7. The predicted molar refractivity (Wildman–Crippen MR) is 116 cm³/mol. The molecule has 2 aliphatic rings. The van der Waals surface area contributed by atoms with E-state index in [1.165, 1.54) is 19.1 Å². The average Bonchev–Trinajstić information content (AvgIpc) is 3.38. The van der Waals surface area contributed by atoms with Crippen LogP contribution in [0.2, 0.25) is 0 Å². The fourth-order valence-electron chi connectivity index (χ4n) is 4.09. The molecule has 8 nitrogen and oxygen atoms in total. The Morgan fingerprint density at radius 3 is 2.62 bits per heavy atom. The molecule has 1 amide bonds. The highest BCUT2D eigenvalue weighted by molar-refractivity contribution is 6.46. The first-order valence-electron chi connectivity index (χ1n) is 10.4. The molecular formula is C24H25NO7. The molecule has 0 bridgehead atoms. The smallest absolute Gasteiger partial charge is 0.295 e. The van der Waals surface area contributed by atoms with Crippen LogP contribution in [0.15, 0.2) is 42.0 Å². The summed E-state index contributed by atoms with van der Waals surface area (Å²) in [6.45, 7) is 2.45. The van der Waals surface area contributed by atoms with Gasteiger partial charge in [0.1, 0.15) is 5.76 Å². The number of fused-ring (bicyclic) bond motifs is 1. The van der Waals surface area contributed by atoms with Crippen molar-refractivity contribution in [2.24, 2.45) is 0 Å². The van der Waals surface area contributed by atoms with Crippen molar-refractivity contribution in [3.8, 4) is 23.0 Å². The van der Waals surface area contributed by atoms with Gasteiger partial charge in [-0.2, -0.15) is 0 Å². The fourth-order valence-corrected chi connectivity index (χ4v) is 4.09. The maximum absolute atomic E-state index is 13.1. The normalized spacial score (nSPS) is 18.8. The van der Waals surface area contributed by atoms with Gasteiger partial charge < -0.3 is 29.0 Å². The number of amides is 1. The summed E-state index contributed by atoms with van der Waals surface area (Å²) in [5.74, 6) is 0.201. The topological polar surface area (TPSA) is 94.5 Å². The van der Waals surface area contributed by atoms with Crippen LogP contribution >= 0.6 is 0 Å². The molecule has 0 aromatic heterocycles. The van der Waals surface area contributed by atoms with Crippen LogP contribution in [0.1, 0.15) is 36.9 Å². The van der Waals surface area contributed by atoms with Gasteiger partial charge in [-0.1, -0.05) is 25.5 Å². The van der Waals surface area contributed by atoms with Gasteiger partial charge in [0.2, 0.25) is 6.79 Å². The summed E-state index contributed by atoms with van der Waals surface area (Å²) in [7, 11) is 3.01. The zero-order valence-electron chi connectivity index (χ0n) is 18.2.